The summed E-state index contributed by atoms with van der Waals surface area (Å²) >= 11 is 10.9. The van der Waals surface area contributed by atoms with Crippen LogP contribution in [0.2, 0.25) is 0 Å². The molecule has 0 aliphatic carbocycles. The summed E-state index contributed by atoms with van der Waals surface area (Å²) in [7, 11) is -3.86. The molecule has 0 aromatic heterocycles. The monoisotopic (exact) mass is 261 g/mol. The molecule has 3 nitrogen and oxygen atoms in total. The first-order valence-corrected chi connectivity index (χ1v) is 5.99. The summed E-state index contributed by atoms with van der Waals surface area (Å²) in [6.45, 7) is 0. The number of hydrogen-bond donors (Lipinski definition) is 0. The Balaban J connectivity index is 3.36. The highest BCUT2D eigenvalue weighted by Gasteiger charge is 2.21. The molecule has 0 spiro atoms. The molecule has 0 saturated heterocycles. The van der Waals surface area contributed by atoms with Gasteiger partial charge in [-0.3, -0.25) is 0 Å². The van der Waals surface area contributed by atoms with Crippen LogP contribution in [-0.4, -0.2) is 8.42 Å². The van der Waals surface area contributed by atoms with Crippen molar-refractivity contribution in [1.29, 1.82) is 5.26 Å². The summed E-state index contributed by atoms with van der Waals surface area (Å²) < 4.78 is 22.8. The predicted octanol–water partition coefficient (Wildman–Crippen LogP) is 2.63. The highest BCUT2D eigenvalue weighted by Crippen LogP contribution is 2.26. The third-order valence-corrected chi connectivity index (χ3v) is 4.41. The molecule has 0 unspecified atom stereocenters. The molecule has 1 rings (SSSR count). The minimum atomic E-state index is -3.86. The Morgan fingerprint density at radius 2 is 1.73 bits per heavy atom. The molecule has 0 atom stereocenters. The molecule has 1 aromatic carbocycles. The molecule has 0 bridgehead atoms. The van der Waals surface area contributed by atoms with Crippen molar-refractivity contribution >= 4 is 33.0 Å². The molecule has 0 aliphatic heterocycles. The van der Waals surface area contributed by atoms with Gasteiger partial charge in [-0.05, 0) is 12.1 Å². The molecule has 1 aromatic rings. The Kier molecular flexibility index (Phi) is 3.75. The summed E-state index contributed by atoms with van der Waals surface area (Å²) in [4.78, 5) is 0.00315. The number of rotatable bonds is 2. The SMILES string of the molecule is N#C/C(Cl)=C(\Cl)S(=O)(=O)c1ccccc1. The van der Waals surface area contributed by atoms with Gasteiger partial charge in [-0.25, -0.2) is 8.42 Å². The van der Waals surface area contributed by atoms with Crippen LogP contribution in [0.25, 0.3) is 0 Å². The van der Waals surface area contributed by atoms with Crippen molar-refractivity contribution in [3.8, 4) is 6.07 Å². The van der Waals surface area contributed by atoms with E-state index in [4.69, 9.17) is 28.5 Å². The summed E-state index contributed by atoms with van der Waals surface area (Å²) in [5, 5.41) is 7.89. The molecule has 78 valence electrons. The van der Waals surface area contributed by atoms with Gasteiger partial charge in [0.05, 0.1) is 4.90 Å². The van der Waals surface area contributed by atoms with E-state index in [1.54, 1.807) is 18.2 Å². The van der Waals surface area contributed by atoms with Crippen molar-refractivity contribution in [1.82, 2.24) is 0 Å². The zero-order valence-electron chi connectivity index (χ0n) is 7.31. The smallest absolute Gasteiger partial charge is 0.218 e. The normalized spacial score (nSPS) is 12.9. The molecular formula is C9H5Cl2NO2S. The Morgan fingerprint density at radius 1 is 1.20 bits per heavy atom. The number of benzene rings is 1. The van der Waals surface area contributed by atoms with E-state index in [9.17, 15) is 8.42 Å². The molecule has 0 fully saturated rings. The lowest BCUT2D eigenvalue weighted by Crippen LogP contribution is -2.01. The standard InChI is InChI=1S/C9H5Cl2NO2S/c10-8(6-12)9(11)15(13,14)7-4-2-1-3-5-7/h1-5H/b9-8-. The lowest BCUT2D eigenvalue weighted by molar-refractivity contribution is 0.604. The molecule has 15 heavy (non-hydrogen) atoms. The first kappa shape index (κ1) is 12.1. The highest BCUT2D eigenvalue weighted by atomic mass is 35.5. The van der Waals surface area contributed by atoms with Crippen LogP contribution in [0, 0.1) is 11.3 Å². The largest absolute Gasteiger partial charge is 0.219 e. The van der Waals surface area contributed by atoms with Crippen LogP contribution in [0.1, 0.15) is 0 Å². The van der Waals surface area contributed by atoms with Crippen LogP contribution in [-0.2, 0) is 9.84 Å². The Bertz CT molecular complexity index is 529. The summed E-state index contributed by atoms with van der Waals surface area (Å²) in [5.74, 6) is 0. The van der Waals surface area contributed by atoms with Gasteiger partial charge in [-0.15, -0.1) is 0 Å². The maximum atomic E-state index is 11.7. The second-order valence-corrected chi connectivity index (χ2v) is 5.38. The van der Waals surface area contributed by atoms with Gasteiger partial charge in [-0.1, -0.05) is 41.4 Å². The number of allylic oxidation sites excluding steroid dienone is 1. The van der Waals surface area contributed by atoms with Crippen molar-refractivity contribution in [3.63, 3.8) is 0 Å². The summed E-state index contributed by atoms with van der Waals surface area (Å²) in [5.41, 5.74) is 0. The quantitative estimate of drug-likeness (QED) is 0.770. The van der Waals surface area contributed by atoms with Crippen LogP contribution in [0.15, 0.2) is 44.6 Å². The van der Waals surface area contributed by atoms with Gasteiger partial charge in [0, 0.05) is 0 Å². The van der Waals surface area contributed by atoms with Crippen molar-refractivity contribution < 1.29 is 8.42 Å². The maximum absolute atomic E-state index is 11.7. The van der Waals surface area contributed by atoms with E-state index in [1.165, 1.54) is 18.2 Å². The number of nitriles is 1. The van der Waals surface area contributed by atoms with E-state index in [2.05, 4.69) is 0 Å². The van der Waals surface area contributed by atoms with Gasteiger partial charge < -0.3 is 0 Å². The highest BCUT2D eigenvalue weighted by molar-refractivity contribution is 7.97. The molecule has 0 heterocycles. The molecule has 0 saturated carbocycles. The number of halogens is 2. The van der Waals surface area contributed by atoms with Crippen LogP contribution < -0.4 is 0 Å². The van der Waals surface area contributed by atoms with Crippen LogP contribution >= 0.6 is 23.2 Å². The van der Waals surface area contributed by atoms with Gasteiger partial charge in [0.25, 0.3) is 0 Å². The average molecular weight is 262 g/mol. The lowest BCUT2D eigenvalue weighted by atomic mass is 10.4. The second-order valence-electron chi connectivity index (χ2n) is 2.52. The molecule has 0 radical (unpaired) electrons. The van der Waals surface area contributed by atoms with Gasteiger partial charge >= 0.3 is 0 Å². The summed E-state index contributed by atoms with van der Waals surface area (Å²) in [6, 6.07) is 9.00. The maximum Gasteiger partial charge on any atom is 0.219 e. The average Bonchev–Trinajstić information content (AvgIpc) is 2.28. The van der Waals surface area contributed by atoms with Gasteiger partial charge in [0.2, 0.25) is 9.84 Å². The number of hydrogen-bond acceptors (Lipinski definition) is 3. The Morgan fingerprint density at radius 3 is 2.20 bits per heavy atom. The first-order valence-electron chi connectivity index (χ1n) is 3.75. The predicted molar refractivity (Wildman–Crippen MR) is 58.0 cm³/mol. The van der Waals surface area contributed by atoms with Gasteiger partial charge in [0.15, 0.2) is 4.36 Å². The zero-order chi connectivity index (χ0) is 11.5. The van der Waals surface area contributed by atoms with Crippen molar-refractivity contribution in [2.75, 3.05) is 0 Å². The van der Waals surface area contributed by atoms with Crippen molar-refractivity contribution in [3.05, 3.63) is 39.7 Å². The fraction of sp³-hybridized carbons (Fsp3) is 0. The first-order chi connectivity index (χ1) is 7.00. The van der Waals surface area contributed by atoms with Crippen LogP contribution in [0.3, 0.4) is 0 Å². The zero-order valence-corrected chi connectivity index (χ0v) is 9.64. The minimum absolute atomic E-state index is 0.00315. The van der Waals surface area contributed by atoms with Crippen molar-refractivity contribution in [2.24, 2.45) is 0 Å². The van der Waals surface area contributed by atoms with E-state index in [0.29, 0.717) is 0 Å². The molecular weight excluding hydrogens is 257 g/mol. The summed E-state index contributed by atoms with van der Waals surface area (Å²) in [6.07, 6.45) is 0. The molecule has 6 heteroatoms. The molecule has 0 aliphatic rings. The minimum Gasteiger partial charge on any atom is -0.218 e. The second kappa shape index (κ2) is 4.67. The third kappa shape index (κ3) is 2.51. The van der Waals surface area contributed by atoms with E-state index in [0.717, 1.165) is 0 Å². The molecule has 0 amide bonds. The van der Waals surface area contributed by atoms with E-state index < -0.39 is 19.2 Å². The topological polar surface area (TPSA) is 57.9 Å². The fourth-order valence-electron chi connectivity index (χ4n) is 0.865. The van der Waals surface area contributed by atoms with E-state index in [-0.39, 0.29) is 4.90 Å². The Hall–Kier alpha value is -1.02. The lowest BCUT2D eigenvalue weighted by Gasteiger charge is -2.01. The third-order valence-electron chi connectivity index (χ3n) is 1.56. The van der Waals surface area contributed by atoms with Gasteiger partial charge in [-0.2, -0.15) is 5.26 Å². The van der Waals surface area contributed by atoms with E-state index >= 15 is 0 Å². The number of nitrogens with zero attached hydrogens (tertiary/aromatic N) is 1. The van der Waals surface area contributed by atoms with Gasteiger partial charge in [0.1, 0.15) is 11.1 Å². The number of sulfone groups is 1. The van der Waals surface area contributed by atoms with Crippen molar-refractivity contribution in [2.45, 2.75) is 4.90 Å². The fourth-order valence-corrected chi connectivity index (χ4v) is 2.48. The molecule has 0 N–H and O–H groups in total. The van der Waals surface area contributed by atoms with E-state index in [1.807, 2.05) is 0 Å². The van der Waals surface area contributed by atoms with Crippen LogP contribution in [0.5, 0.6) is 0 Å². The Labute approximate surface area is 97.5 Å². The van der Waals surface area contributed by atoms with Crippen LogP contribution in [0.4, 0.5) is 0 Å².